The molecule has 1 N–H and O–H groups in total. The Balaban J connectivity index is 1.86. The Labute approximate surface area is 148 Å². The van der Waals surface area contributed by atoms with Crippen LogP contribution in [0.4, 0.5) is 5.69 Å². The summed E-state index contributed by atoms with van der Waals surface area (Å²) in [6.07, 6.45) is 1.97. The number of aryl methyl sites for hydroxylation is 4. The van der Waals surface area contributed by atoms with E-state index in [1.807, 2.05) is 25.1 Å². The highest BCUT2D eigenvalue weighted by molar-refractivity contribution is 5.96. The topological polar surface area (TPSA) is 55.1 Å². The highest BCUT2D eigenvalue weighted by Gasteiger charge is 2.15. The second kappa shape index (κ2) is 7.09. The van der Waals surface area contributed by atoms with Gasteiger partial charge in [0.15, 0.2) is 5.58 Å². The van der Waals surface area contributed by atoms with E-state index in [2.05, 4.69) is 43.4 Å². The van der Waals surface area contributed by atoms with E-state index in [9.17, 15) is 4.79 Å². The zero-order valence-electron chi connectivity index (χ0n) is 15.3. The van der Waals surface area contributed by atoms with Crippen LogP contribution in [0.2, 0.25) is 0 Å². The van der Waals surface area contributed by atoms with Crippen LogP contribution in [0.25, 0.3) is 11.0 Å². The third-order valence-electron chi connectivity index (χ3n) is 4.75. The third-order valence-corrected chi connectivity index (χ3v) is 4.75. The number of hydrogen-bond acceptors (Lipinski definition) is 3. The number of amides is 1. The molecule has 0 saturated heterocycles. The summed E-state index contributed by atoms with van der Waals surface area (Å²) < 4.78 is 5.40. The maximum absolute atomic E-state index is 12.6. The quantitative estimate of drug-likeness (QED) is 0.731. The van der Waals surface area contributed by atoms with Gasteiger partial charge in [-0.2, -0.15) is 0 Å². The molecule has 0 aliphatic carbocycles. The number of benzene rings is 2. The van der Waals surface area contributed by atoms with Gasteiger partial charge >= 0.3 is 0 Å². The largest absolute Gasteiger partial charge is 0.356 e. The molecule has 25 heavy (non-hydrogen) atoms. The van der Waals surface area contributed by atoms with Gasteiger partial charge in [-0.05, 0) is 61.1 Å². The van der Waals surface area contributed by atoms with E-state index in [-0.39, 0.29) is 12.3 Å². The number of para-hydroxylation sites is 1. The fourth-order valence-electron chi connectivity index (χ4n) is 3.11. The van der Waals surface area contributed by atoms with Crippen molar-refractivity contribution >= 4 is 22.6 Å². The van der Waals surface area contributed by atoms with Gasteiger partial charge in [-0.3, -0.25) is 4.79 Å². The predicted molar refractivity (Wildman–Crippen MR) is 101 cm³/mol. The normalized spacial score (nSPS) is 11.0. The van der Waals surface area contributed by atoms with Crippen LogP contribution in [0.3, 0.4) is 0 Å². The summed E-state index contributed by atoms with van der Waals surface area (Å²) in [5, 5.41) is 8.11. The van der Waals surface area contributed by atoms with E-state index >= 15 is 0 Å². The van der Waals surface area contributed by atoms with Gasteiger partial charge in [-0.1, -0.05) is 37.2 Å². The van der Waals surface area contributed by atoms with Crippen LogP contribution in [-0.2, 0) is 24.1 Å². The number of aromatic nitrogens is 1. The zero-order chi connectivity index (χ0) is 18.0. The van der Waals surface area contributed by atoms with E-state index < -0.39 is 0 Å². The Kier molecular flexibility index (Phi) is 4.88. The monoisotopic (exact) mass is 336 g/mol. The molecule has 3 aromatic rings. The fraction of sp³-hybridized carbons (Fsp3) is 0.333. The van der Waals surface area contributed by atoms with Gasteiger partial charge < -0.3 is 9.84 Å². The van der Waals surface area contributed by atoms with Gasteiger partial charge in [-0.25, -0.2) is 0 Å². The average Bonchev–Trinajstić information content (AvgIpc) is 2.97. The Morgan fingerprint density at radius 2 is 1.72 bits per heavy atom. The summed E-state index contributed by atoms with van der Waals surface area (Å²) in [6, 6.07) is 10.2. The molecule has 4 heteroatoms. The Morgan fingerprint density at radius 3 is 2.36 bits per heavy atom. The van der Waals surface area contributed by atoms with E-state index in [4.69, 9.17) is 4.52 Å². The first kappa shape index (κ1) is 17.2. The molecular weight excluding hydrogens is 312 g/mol. The Morgan fingerprint density at radius 1 is 1.08 bits per heavy atom. The maximum atomic E-state index is 12.6. The van der Waals surface area contributed by atoms with Crippen molar-refractivity contribution in [2.24, 2.45) is 0 Å². The smallest absolute Gasteiger partial charge is 0.230 e. The average molecular weight is 336 g/mol. The van der Waals surface area contributed by atoms with Gasteiger partial charge in [0.1, 0.15) is 5.69 Å². The number of hydrogen-bond donors (Lipinski definition) is 1. The molecular formula is C21H24N2O2. The number of nitrogens with one attached hydrogen (secondary N) is 1. The van der Waals surface area contributed by atoms with Crippen molar-refractivity contribution in [2.45, 2.75) is 47.0 Å². The van der Waals surface area contributed by atoms with Gasteiger partial charge in [0.05, 0.1) is 6.42 Å². The van der Waals surface area contributed by atoms with Crippen molar-refractivity contribution < 1.29 is 9.32 Å². The minimum absolute atomic E-state index is 0.0657. The summed E-state index contributed by atoms with van der Waals surface area (Å²) in [4.78, 5) is 12.6. The molecule has 4 nitrogen and oxygen atoms in total. The second-order valence-corrected chi connectivity index (χ2v) is 6.45. The summed E-state index contributed by atoms with van der Waals surface area (Å²) in [5.74, 6) is -0.0657. The highest BCUT2D eigenvalue weighted by Crippen LogP contribution is 2.25. The number of nitrogens with zero attached hydrogens (tertiary/aromatic N) is 1. The van der Waals surface area contributed by atoms with Crippen molar-refractivity contribution in [3.63, 3.8) is 0 Å². The Bertz CT molecular complexity index is 903. The van der Waals surface area contributed by atoms with Crippen LogP contribution in [0, 0.1) is 13.8 Å². The molecule has 0 radical (unpaired) electrons. The summed E-state index contributed by atoms with van der Waals surface area (Å²) >= 11 is 0. The number of carbonyl (C=O) groups is 1. The Hall–Kier alpha value is -2.62. The van der Waals surface area contributed by atoms with Gasteiger partial charge in [-0.15, -0.1) is 0 Å². The third kappa shape index (κ3) is 3.43. The number of rotatable bonds is 5. The highest BCUT2D eigenvalue weighted by atomic mass is 16.5. The summed E-state index contributed by atoms with van der Waals surface area (Å²) in [6.45, 7) is 8.29. The molecule has 0 aliphatic rings. The van der Waals surface area contributed by atoms with Crippen LogP contribution in [0.15, 0.2) is 34.9 Å². The molecule has 0 aliphatic heterocycles. The summed E-state index contributed by atoms with van der Waals surface area (Å²) in [7, 11) is 0. The lowest BCUT2D eigenvalue weighted by atomic mass is 10.0. The molecule has 0 fully saturated rings. The first-order valence-corrected chi connectivity index (χ1v) is 8.79. The summed E-state index contributed by atoms with van der Waals surface area (Å²) in [5.41, 5.74) is 6.99. The van der Waals surface area contributed by atoms with E-state index in [1.165, 1.54) is 5.56 Å². The van der Waals surface area contributed by atoms with Gasteiger partial charge in [0.25, 0.3) is 0 Å². The van der Waals surface area contributed by atoms with Gasteiger partial charge in [0, 0.05) is 11.1 Å². The fourth-order valence-corrected chi connectivity index (χ4v) is 3.11. The molecule has 0 atom stereocenters. The first-order valence-electron chi connectivity index (χ1n) is 8.79. The van der Waals surface area contributed by atoms with E-state index in [0.717, 1.165) is 46.2 Å². The molecule has 1 aromatic heterocycles. The van der Waals surface area contributed by atoms with Crippen molar-refractivity contribution in [1.29, 1.82) is 0 Å². The molecule has 0 unspecified atom stereocenters. The standard InChI is InChI=1S/C21H24N2O2/c1-5-15-8-7-9-16(6-2)21(15)22-20(24)12-18-17-10-13(3)14(4)11-19(17)25-23-18/h7-11H,5-6,12H2,1-4H3,(H,22,24). The molecule has 0 spiro atoms. The minimum Gasteiger partial charge on any atom is -0.356 e. The first-order chi connectivity index (χ1) is 12.0. The van der Waals surface area contributed by atoms with Crippen LogP contribution in [-0.4, -0.2) is 11.1 Å². The second-order valence-electron chi connectivity index (χ2n) is 6.45. The van der Waals surface area contributed by atoms with Crippen molar-refractivity contribution in [2.75, 3.05) is 5.32 Å². The van der Waals surface area contributed by atoms with Crippen LogP contribution in [0.5, 0.6) is 0 Å². The molecule has 130 valence electrons. The van der Waals surface area contributed by atoms with E-state index in [1.54, 1.807) is 0 Å². The predicted octanol–water partition coefficient (Wildman–Crippen LogP) is 4.75. The lowest BCUT2D eigenvalue weighted by molar-refractivity contribution is -0.115. The van der Waals surface area contributed by atoms with E-state index in [0.29, 0.717) is 5.69 Å². The van der Waals surface area contributed by atoms with Crippen LogP contribution < -0.4 is 5.32 Å². The molecule has 1 amide bonds. The zero-order valence-corrected chi connectivity index (χ0v) is 15.3. The minimum atomic E-state index is -0.0657. The molecule has 2 aromatic carbocycles. The van der Waals surface area contributed by atoms with Crippen LogP contribution >= 0.6 is 0 Å². The lowest BCUT2D eigenvalue weighted by Gasteiger charge is -2.14. The number of anilines is 1. The maximum Gasteiger partial charge on any atom is 0.230 e. The number of fused-ring (bicyclic) bond motifs is 1. The van der Waals surface area contributed by atoms with Gasteiger partial charge in [0.2, 0.25) is 5.91 Å². The van der Waals surface area contributed by atoms with Crippen molar-refractivity contribution in [3.8, 4) is 0 Å². The lowest BCUT2D eigenvalue weighted by Crippen LogP contribution is -2.17. The van der Waals surface area contributed by atoms with Crippen molar-refractivity contribution in [1.82, 2.24) is 5.16 Å². The number of carbonyl (C=O) groups excluding carboxylic acids is 1. The van der Waals surface area contributed by atoms with Crippen LogP contribution in [0.1, 0.15) is 41.8 Å². The van der Waals surface area contributed by atoms with Crippen molar-refractivity contribution in [3.05, 3.63) is 58.3 Å². The SMILES string of the molecule is CCc1cccc(CC)c1NC(=O)Cc1noc2cc(C)c(C)cc12. The molecule has 0 saturated carbocycles. The molecule has 1 heterocycles. The molecule has 3 rings (SSSR count). The molecule has 0 bridgehead atoms.